The van der Waals surface area contributed by atoms with Gasteiger partial charge in [0.05, 0.1) is 6.33 Å². The summed E-state index contributed by atoms with van der Waals surface area (Å²) in [5, 5.41) is 12.7. The Morgan fingerprint density at radius 3 is 2.48 bits per heavy atom. The molecule has 2 heterocycles. The predicted octanol–water partition coefficient (Wildman–Crippen LogP) is 4.82. The number of H-pyrrole nitrogens is 1. The van der Waals surface area contributed by atoms with Gasteiger partial charge < -0.3 is 24.9 Å². The molecule has 5 rings (SSSR count). The van der Waals surface area contributed by atoms with Crippen molar-refractivity contribution in [2.75, 3.05) is 5.32 Å². The molecular weight excluding hydrogens is 532 g/mol. The molecule has 42 heavy (non-hydrogen) atoms. The molecule has 0 bridgehead atoms. The Hall–Kier alpha value is -5.69. The topological polar surface area (TPSA) is 135 Å². The minimum absolute atomic E-state index is 0.00551. The van der Waals surface area contributed by atoms with E-state index in [9.17, 15) is 9.90 Å². The summed E-state index contributed by atoms with van der Waals surface area (Å²) in [6, 6.07) is 22.3. The van der Waals surface area contributed by atoms with Gasteiger partial charge >= 0.3 is 18.0 Å². The Morgan fingerprint density at radius 2 is 1.76 bits per heavy atom. The minimum atomic E-state index is -1.09. The first-order chi connectivity index (χ1) is 20.5. The van der Waals surface area contributed by atoms with E-state index in [2.05, 4.69) is 54.4 Å². The number of aliphatic carboxylic acids is 1. The van der Waals surface area contributed by atoms with E-state index in [1.54, 1.807) is 6.20 Å². The molecule has 1 unspecified atom stereocenters. The van der Waals surface area contributed by atoms with Gasteiger partial charge in [-0.1, -0.05) is 66.6 Å². The molecule has 0 radical (unpaired) electrons. The maximum atomic E-state index is 12.0. The summed E-state index contributed by atoms with van der Waals surface area (Å²) in [5.74, 6) is 1.50. The van der Waals surface area contributed by atoms with Gasteiger partial charge in [-0.05, 0) is 46.9 Å². The van der Waals surface area contributed by atoms with Crippen LogP contribution in [0.3, 0.4) is 0 Å². The van der Waals surface area contributed by atoms with Gasteiger partial charge in [0.1, 0.15) is 19.3 Å². The van der Waals surface area contributed by atoms with Crippen molar-refractivity contribution >= 4 is 11.9 Å². The maximum Gasteiger partial charge on any atom is 0.326 e. The lowest BCUT2D eigenvalue weighted by Gasteiger charge is -2.16. The summed E-state index contributed by atoms with van der Waals surface area (Å²) < 4.78 is 11.9. The summed E-state index contributed by atoms with van der Waals surface area (Å²) in [6.07, 6.45) is 8.68. The Bertz CT molecular complexity index is 1700. The van der Waals surface area contributed by atoms with Crippen molar-refractivity contribution in [1.82, 2.24) is 24.9 Å². The van der Waals surface area contributed by atoms with Crippen molar-refractivity contribution in [3.05, 3.63) is 113 Å². The first kappa shape index (κ1) is 27.9. The molecule has 0 saturated heterocycles. The number of hydrogen-bond donors (Lipinski definition) is 3. The number of nitrogens with zero attached hydrogens (tertiary/aromatic N) is 4. The third-order valence-electron chi connectivity index (χ3n) is 6.52. The molecule has 0 spiro atoms. The summed E-state index contributed by atoms with van der Waals surface area (Å²) in [7, 11) is 0. The zero-order chi connectivity index (χ0) is 29.3. The summed E-state index contributed by atoms with van der Waals surface area (Å²) in [5.41, 5.74) is 6.38. The van der Waals surface area contributed by atoms with E-state index in [4.69, 9.17) is 15.9 Å². The van der Waals surface area contributed by atoms with Gasteiger partial charge in [-0.2, -0.15) is 9.97 Å². The Morgan fingerprint density at radius 1 is 1.00 bits per heavy atom. The molecule has 10 nitrogen and oxygen atoms in total. The molecular formula is C32H28N6O4. The molecule has 10 heteroatoms. The number of carboxylic acids is 1. The maximum absolute atomic E-state index is 12.0. The van der Waals surface area contributed by atoms with Gasteiger partial charge in [0.25, 0.3) is 0 Å². The van der Waals surface area contributed by atoms with Gasteiger partial charge in [-0.15, -0.1) is 11.4 Å². The number of rotatable bonds is 12. The monoisotopic (exact) mass is 560 g/mol. The molecule has 1 atom stereocenters. The zero-order valence-electron chi connectivity index (χ0n) is 22.8. The van der Waals surface area contributed by atoms with E-state index >= 15 is 0 Å². The number of aromatic amines is 1. The Kier molecular flexibility index (Phi) is 8.70. The van der Waals surface area contributed by atoms with Crippen LogP contribution < -0.4 is 14.8 Å². The van der Waals surface area contributed by atoms with Gasteiger partial charge in [0.2, 0.25) is 5.95 Å². The molecule has 210 valence electrons. The lowest BCUT2D eigenvalue weighted by atomic mass is 9.97. The fourth-order valence-electron chi connectivity index (χ4n) is 4.32. The molecule has 0 aliphatic rings. The van der Waals surface area contributed by atoms with E-state index in [0.717, 1.165) is 27.8 Å². The minimum Gasteiger partial charge on any atom is -0.480 e. The standard InChI is InChI=1S/C32H28N6O4/c1-3-22-9-7-10-23(15-22)18-41-31-36-30(35-28(29(39)40)16-26-17-33-20-34-26)37-32(38-31)42-19-25-13-8-14-27(21(25)2)24-11-5-4-6-12-24/h1,4-15,17,20,28H,16,18-19H2,2H3,(H,33,34)(H,39,40)(H,35,36,37,38). The SMILES string of the molecule is C#Cc1cccc(COc2nc(NC(Cc3cnc[nH]3)C(=O)O)nc(OCc3cccc(-c4ccccc4)c3C)n2)c1. The quantitative estimate of drug-likeness (QED) is 0.184. The summed E-state index contributed by atoms with van der Waals surface area (Å²) in [4.78, 5) is 31.9. The number of terminal acetylenes is 1. The molecule has 2 aromatic heterocycles. The first-order valence-corrected chi connectivity index (χ1v) is 13.2. The second kappa shape index (κ2) is 13.1. The molecule has 0 aliphatic carbocycles. The second-order valence-electron chi connectivity index (χ2n) is 9.42. The third-order valence-corrected chi connectivity index (χ3v) is 6.52. The molecule has 0 saturated carbocycles. The molecule has 3 aromatic carbocycles. The van der Waals surface area contributed by atoms with Crippen LogP contribution in [-0.2, 0) is 24.4 Å². The lowest BCUT2D eigenvalue weighted by molar-refractivity contribution is -0.137. The number of nitrogens with one attached hydrogen (secondary N) is 2. The van der Waals surface area contributed by atoms with E-state index in [-0.39, 0.29) is 37.6 Å². The number of ether oxygens (including phenoxy) is 2. The van der Waals surface area contributed by atoms with E-state index in [0.29, 0.717) is 11.3 Å². The number of carboxylic acid groups (broad SMARTS) is 1. The van der Waals surface area contributed by atoms with Crippen molar-refractivity contribution < 1.29 is 19.4 Å². The molecule has 0 fully saturated rings. The van der Waals surface area contributed by atoms with Crippen LogP contribution >= 0.6 is 0 Å². The number of carbonyl (C=O) groups is 1. The van der Waals surface area contributed by atoms with E-state index in [1.807, 2.05) is 61.5 Å². The van der Waals surface area contributed by atoms with Gasteiger partial charge in [-0.3, -0.25) is 0 Å². The van der Waals surface area contributed by atoms with Crippen LogP contribution in [0.4, 0.5) is 5.95 Å². The smallest absolute Gasteiger partial charge is 0.326 e. The number of hydrogen-bond acceptors (Lipinski definition) is 8. The fraction of sp³-hybridized carbons (Fsp3) is 0.156. The highest BCUT2D eigenvalue weighted by Crippen LogP contribution is 2.26. The van der Waals surface area contributed by atoms with Crippen LogP contribution in [0.2, 0.25) is 0 Å². The van der Waals surface area contributed by atoms with Crippen molar-refractivity contribution in [1.29, 1.82) is 0 Å². The average Bonchev–Trinajstić information content (AvgIpc) is 3.53. The number of benzene rings is 3. The van der Waals surface area contributed by atoms with Crippen LogP contribution in [0, 0.1) is 19.3 Å². The number of imidazole rings is 1. The van der Waals surface area contributed by atoms with E-state index < -0.39 is 12.0 Å². The second-order valence-corrected chi connectivity index (χ2v) is 9.42. The van der Waals surface area contributed by atoms with Crippen molar-refractivity contribution in [3.8, 4) is 35.5 Å². The van der Waals surface area contributed by atoms with E-state index in [1.165, 1.54) is 6.33 Å². The van der Waals surface area contributed by atoms with Crippen LogP contribution in [0.1, 0.15) is 27.9 Å². The Balaban J connectivity index is 1.39. The Labute approximate surface area is 242 Å². The van der Waals surface area contributed by atoms with Crippen LogP contribution in [0.15, 0.2) is 85.3 Å². The zero-order valence-corrected chi connectivity index (χ0v) is 22.8. The van der Waals surface area contributed by atoms with Gasteiger partial charge in [0, 0.05) is 23.9 Å². The fourth-order valence-corrected chi connectivity index (χ4v) is 4.32. The van der Waals surface area contributed by atoms with Crippen molar-refractivity contribution in [2.24, 2.45) is 0 Å². The van der Waals surface area contributed by atoms with Gasteiger partial charge in [0.15, 0.2) is 0 Å². The molecule has 3 N–H and O–H groups in total. The highest BCUT2D eigenvalue weighted by molar-refractivity contribution is 5.77. The lowest BCUT2D eigenvalue weighted by Crippen LogP contribution is -2.32. The summed E-state index contributed by atoms with van der Waals surface area (Å²) >= 11 is 0. The van der Waals surface area contributed by atoms with Crippen LogP contribution in [0.5, 0.6) is 12.0 Å². The largest absolute Gasteiger partial charge is 0.480 e. The third kappa shape index (κ3) is 7.08. The van der Waals surface area contributed by atoms with Crippen molar-refractivity contribution in [3.63, 3.8) is 0 Å². The van der Waals surface area contributed by atoms with Crippen LogP contribution in [-0.4, -0.2) is 42.0 Å². The number of aromatic nitrogens is 5. The molecule has 5 aromatic rings. The van der Waals surface area contributed by atoms with Gasteiger partial charge in [-0.25, -0.2) is 9.78 Å². The predicted molar refractivity (Wildman–Crippen MR) is 157 cm³/mol. The number of anilines is 1. The average molecular weight is 561 g/mol. The molecule has 0 aliphatic heterocycles. The molecule has 0 amide bonds. The van der Waals surface area contributed by atoms with Crippen molar-refractivity contribution in [2.45, 2.75) is 32.6 Å². The summed E-state index contributed by atoms with van der Waals surface area (Å²) in [6.45, 7) is 2.34. The normalized spacial score (nSPS) is 11.3. The highest BCUT2D eigenvalue weighted by Gasteiger charge is 2.21. The highest BCUT2D eigenvalue weighted by atomic mass is 16.5. The van der Waals surface area contributed by atoms with Crippen LogP contribution in [0.25, 0.3) is 11.1 Å². The first-order valence-electron chi connectivity index (χ1n) is 13.2.